The predicted octanol–water partition coefficient (Wildman–Crippen LogP) is 4.88. The highest BCUT2D eigenvalue weighted by molar-refractivity contribution is 5.66. The maximum Gasteiger partial charge on any atom is 0.416 e. The number of aromatic nitrogens is 2. The third-order valence-corrected chi connectivity index (χ3v) is 3.43. The molecule has 0 saturated carbocycles. The van der Waals surface area contributed by atoms with Gasteiger partial charge in [-0.2, -0.15) is 13.2 Å². The van der Waals surface area contributed by atoms with Gasteiger partial charge in [0.25, 0.3) is 0 Å². The van der Waals surface area contributed by atoms with Gasteiger partial charge in [-0.3, -0.25) is 0 Å². The number of benzene rings is 2. The van der Waals surface area contributed by atoms with Crippen molar-refractivity contribution in [2.24, 2.45) is 0 Å². The summed E-state index contributed by atoms with van der Waals surface area (Å²) in [5, 5.41) is 0. The SMILES string of the molecule is Fc1cc(C(F)(F)F)ccc1-c1cccc(OCc2ncccn2)c1. The molecule has 0 fully saturated rings. The zero-order valence-electron chi connectivity index (χ0n) is 12.8. The molecule has 0 saturated heterocycles. The average Bonchev–Trinajstić information content (AvgIpc) is 2.60. The number of rotatable bonds is 4. The summed E-state index contributed by atoms with van der Waals surface area (Å²) in [5.74, 6) is -0.0313. The lowest BCUT2D eigenvalue weighted by Gasteiger charge is -2.11. The molecule has 0 N–H and O–H groups in total. The molecule has 2 aromatic carbocycles. The lowest BCUT2D eigenvalue weighted by molar-refractivity contribution is -0.137. The molecule has 3 aromatic rings. The van der Waals surface area contributed by atoms with Crippen LogP contribution in [0.5, 0.6) is 5.75 Å². The molecule has 0 unspecified atom stereocenters. The molecule has 0 radical (unpaired) electrons. The molecule has 3 nitrogen and oxygen atoms in total. The molecule has 7 heteroatoms. The van der Waals surface area contributed by atoms with Crippen LogP contribution in [0.15, 0.2) is 60.9 Å². The summed E-state index contributed by atoms with van der Waals surface area (Å²) < 4.78 is 57.5. The van der Waals surface area contributed by atoms with Crippen LogP contribution in [0.3, 0.4) is 0 Å². The largest absolute Gasteiger partial charge is 0.486 e. The van der Waals surface area contributed by atoms with Crippen molar-refractivity contribution < 1.29 is 22.3 Å². The average molecular weight is 348 g/mol. The van der Waals surface area contributed by atoms with Gasteiger partial charge in [0, 0.05) is 18.0 Å². The Balaban J connectivity index is 1.82. The summed E-state index contributed by atoms with van der Waals surface area (Å²) in [5.41, 5.74) is -0.547. The van der Waals surface area contributed by atoms with Crippen LogP contribution in [0.4, 0.5) is 17.6 Å². The Kier molecular flexibility index (Phi) is 4.65. The lowest BCUT2D eigenvalue weighted by Crippen LogP contribution is -2.05. The van der Waals surface area contributed by atoms with Crippen molar-refractivity contribution in [3.8, 4) is 16.9 Å². The number of alkyl halides is 3. The smallest absolute Gasteiger partial charge is 0.416 e. The molecule has 25 heavy (non-hydrogen) atoms. The summed E-state index contributed by atoms with van der Waals surface area (Å²) in [4.78, 5) is 8.04. The van der Waals surface area contributed by atoms with Gasteiger partial charge in [0.15, 0.2) is 5.82 Å². The Labute approximate surface area is 140 Å². The third-order valence-electron chi connectivity index (χ3n) is 3.43. The van der Waals surface area contributed by atoms with E-state index in [-0.39, 0.29) is 12.2 Å². The molecule has 0 aliphatic heterocycles. The fourth-order valence-electron chi connectivity index (χ4n) is 2.23. The number of hydrogen-bond donors (Lipinski definition) is 0. The Hall–Kier alpha value is -2.96. The van der Waals surface area contributed by atoms with Gasteiger partial charge in [-0.15, -0.1) is 0 Å². The van der Waals surface area contributed by atoms with E-state index in [2.05, 4.69) is 9.97 Å². The van der Waals surface area contributed by atoms with Gasteiger partial charge in [-0.05, 0) is 35.9 Å². The van der Waals surface area contributed by atoms with Gasteiger partial charge in [0.1, 0.15) is 18.2 Å². The van der Waals surface area contributed by atoms with E-state index in [0.717, 1.165) is 12.1 Å². The molecular weight excluding hydrogens is 336 g/mol. The Morgan fingerprint density at radius 3 is 2.36 bits per heavy atom. The van der Waals surface area contributed by atoms with Crippen LogP contribution in [0.1, 0.15) is 11.4 Å². The minimum Gasteiger partial charge on any atom is -0.486 e. The molecule has 0 aliphatic carbocycles. The van der Waals surface area contributed by atoms with Crippen molar-refractivity contribution in [1.29, 1.82) is 0 Å². The highest BCUT2D eigenvalue weighted by atomic mass is 19.4. The van der Waals surface area contributed by atoms with Crippen molar-refractivity contribution in [2.45, 2.75) is 12.8 Å². The van der Waals surface area contributed by atoms with Crippen molar-refractivity contribution in [2.75, 3.05) is 0 Å². The van der Waals surface area contributed by atoms with E-state index in [9.17, 15) is 17.6 Å². The van der Waals surface area contributed by atoms with E-state index >= 15 is 0 Å². The lowest BCUT2D eigenvalue weighted by atomic mass is 10.0. The molecule has 0 spiro atoms. The molecule has 0 atom stereocenters. The van der Waals surface area contributed by atoms with E-state index in [4.69, 9.17) is 4.74 Å². The van der Waals surface area contributed by atoms with Crippen molar-refractivity contribution in [1.82, 2.24) is 9.97 Å². The highest BCUT2D eigenvalue weighted by Crippen LogP contribution is 2.33. The summed E-state index contributed by atoms with van der Waals surface area (Å²) in [6, 6.07) is 10.6. The van der Waals surface area contributed by atoms with E-state index < -0.39 is 17.6 Å². The maximum absolute atomic E-state index is 14.1. The number of ether oxygens (including phenoxy) is 1. The molecule has 128 valence electrons. The van der Waals surface area contributed by atoms with Crippen molar-refractivity contribution in [3.63, 3.8) is 0 Å². The molecule has 1 aromatic heterocycles. The van der Waals surface area contributed by atoms with Crippen LogP contribution in [0.2, 0.25) is 0 Å². The molecule has 1 heterocycles. The molecule has 0 amide bonds. The highest BCUT2D eigenvalue weighted by Gasteiger charge is 2.31. The van der Waals surface area contributed by atoms with Crippen LogP contribution in [-0.4, -0.2) is 9.97 Å². The topological polar surface area (TPSA) is 35.0 Å². The predicted molar refractivity (Wildman–Crippen MR) is 83.2 cm³/mol. The first-order valence-electron chi connectivity index (χ1n) is 7.29. The zero-order valence-corrected chi connectivity index (χ0v) is 12.8. The Morgan fingerprint density at radius 2 is 1.68 bits per heavy atom. The fourth-order valence-corrected chi connectivity index (χ4v) is 2.23. The van der Waals surface area contributed by atoms with Crippen LogP contribution in [0, 0.1) is 5.82 Å². The van der Waals surface area contributed by atoms with Crippen LogP contribution < -0.4 is 4.74 Å². The summed E-state index contributed by atoms with van der Waals surface area (Å²) in [6.45, 7) is 0.125. The van der Waals surface area contributed by atoms with Crippen LogP contribution in [0.25, 0.3) is 11.1 Å². The first-order chi connectivity index (χ1) is 11.9. The van der Waals surface area contributed by atoms with Crippen LogP contribution >= 0.6 is 0 Å². The number of hydrogen-bond acceptors (Lipinski definition) is 3. The van der Waals surface area contributed by atoms with Gasteiger partial charge in [-0.1, -0.05) is 18.2 Å². The molecule has 3 rings (SSSR count). The van der Waals surface area contributed by atoms with Crippen molar-refractivity contribution >= 4 is 0 Å². The van der Waals surface area contributed by atoms with Crippen LogP contribution in [-0.2, 0) is 12.8 Å². The maximum atomic E-state index is 14.1. The normalized spacial score (nSPS) is 11.4. The quantitative estimate of drug-likeness (QED) is 0.630. The molecule has 0 bridgehead atoms. The fraction of sp³-hybridized carbons (Fsp3) is 0.111. The minimum atomic E-state index is -4.58. The third kappa shape index (κ3) is 4.12. The van der Waals surface area contributed by atoms with Gasteiger partial charge < -0.3 is 4.74 Å². The Bertz CT molecular complexity index is 866. The van der Waals surface area contributed by atoms with Gasteiger partial charge in [-0.25, -0.2) is 14.4 Å². The summed E-state index contributed by atoms with van der Waals surface area (Å²) >= 11 is 0. The first kappa shape index (κ1) is 16.9. The first-order valence-corrected chi connectivity index (χ1v) is 7.29. The second kappa shape index (κ2) is 6.88. The van der Waals surface area contributed by atoms with Crippen molar-refractivity contribution in [3.05, 3.63) is 78.1 Å². The number of nitrogens with zero attached hydrogens (tertiary/aromatic N) is 2. The number of halogens is 4. The standard InChI is InChI=1S/C18H12F4N2O/c19-16-10-13(18(20,21)22)5-6-15(16)12-3-1-4-14(9-12)25-11-17-23-7-2-8-24-17/h1-10H,11H2. The van der Waals surface area contributed by atoms with E-state index in [0.29, 0.717) is 23.2 Å². The molecule has 0 aliphatic rings. The van der Waals surface area contributed by atoms with Gasteiger partial charge in [0.05, 0.1) is 5.56 Å². The van der Waals surface area contributed by atoms with Gasteiger partial charge in [0.2, 0.25) is 0 Å². The van der Waals surface area contributed by atoms with E-state index in [1.807, 2.05) is 0 Å². The second-order valence-corrected chi connectivity index (χ2v) is 5.17. The van der Waals surface area contributed by atoms with Gasteiger partial charge >= 0.3 is 6.18 Å². The summed E-state index contributed by atoms with van der Waals surface area (Å²) in [7, 11) is 0. The minimum absolute atomic E-state index is 0.0643. The zero-order chi connectivity index (χ0) is 17.9. The van der Waals surface area contributed by atoms with E-state index in [1.165, 1.54) is 0 Å². The monoisotopic (exact) mass is 348 g/mol. The Morgan fingerprint density at radius 1 is 0.920 bits per heavy atom. The summed E-state index contributed by atoms with van der Waals surface area (Å²) in [6.07, 6.45) is -1.42. The second-order valence-electron chi connectivity index (χ2n) is 5.17. The molecular formula is C18H12F4N2O. The van der Waals surface area contributed by atoms with E-state index in [1.54, 1.807) is 42.7 Å².